The van der Waals surface area contributed by atoms with Crippen LogP contribution in [0.4, 0.5) is 0 Å². The van der Waals surface area contributed by atoms with Gasteiger partial charge in [-0.2, -0.15) is 0 Å². The highest BCUT2D eigenvalue weighted by molar-refractivity contribution is 6.32. The van der Waals surface area contributed by atoms with Gasteiger partial charge in [0.2, 0.25) is 5.91 Å². The minimum atomic E-state index is -0.0702. The van der Waals surface area contributed by atoms with Gasteiger partial charge in [-0.05, 0) is 24.6 Å². The van der Waals surface area contributed by atoms with Crippen LogP contribution in [0.3, 0.4) is 0 Å². The molecule has 0 aliphatic heterocycles. The fraction of sp³-hybridized carbons (Fsp3) is 0.417. The summed E-state index contributed by atoms with van der Waals surface area (Å²) in [5.41, 5.74) is 6.34. The summed E-state index contributed by atoms with van der Waals surface area (Å²) in [7, 11) is 0. The van der Waals surface area contributed by atoms with Crippen molar-refractivity contribution < 1.29 is 9.53 Å². The Kier molecular flexibility index (Phi) is 5.80. The first-order valence-electron chi connectivity index (χ1n) is 5.49. The predicted molar refractivity (Wildman–Crippen MR) is 68.4 cm³/mol. The van der Waals surface area contributed by atoms with Crippen molar-refractivity contribution in [3.63, 3.8) is 0 Å². The van der Waals surface area contributed by atoms with Crippen molar-refractivity contribution in [2.75, 3.05) is 19.7 Å². The molecule has 0 aromatic heterocycles. The third kappa shape index (κ3) is 5.06. The number of nitrogens with two attached hydrogens (primary N) is 1. The Morgan fingerprint density at radius 3 is 3.00 bits per heavy atom. The van der Waals surface area contributed by atoms with Gasteiger partial charge in [0.05, 0.1) is 18.1 Å². The molecule has 0 unspecified atom stereocenters. The first kappa shape index (κ1) is 13.8. The van der Waals surface area contributed by atoms with Crippen LogP contribution in [0.2, 0.25) is 5.02 Å². The van der Waals surface area contributed by atoms with Gasteiger partial charge in [0.1, 0.15) is 5.75 Å². The molecule has 0 heterocycles. The number of carbonyl (C=O) groups excluding carboxylic acids is 1. The number of nitrogens with one attached hydrogen (secondary N) is 1. The molecule has 1 rings (SSSR count). The summed E-state index contributed by atoms with van der Waals surface area (Å²) < 4.78 is 5.44. The zero-order valence-corrected chi connectivity index (χ0v) is 10.6. The molecule has 17 heavy (non-hydrogen) atoms. The molecule has 3 N–H and O–H groups in total. The summed E-state index contributed by atoms with van der Waals surface area (Å²) in [5, 5.41) is 3.22. The van der Waals surface area contributed by atoms with Gasteiger partial charge >= 0.3 is 0 Å². The first-order valence-corrected chi connectivity index (χ1v) is 5.87. The smallest absolute Gasteiger partial charge is 0.223 e. The molecule has 0 bridgehead atoms. The molecule has 1 aromatic rings. The van der Waals surface area contributed by atoms with E-state index in [0.717, 1.165) is 5.56 Å². The Morgan fingerprint density at radius 1 is 1.53 bits per heavy atom. The minimum absolute atomic E-state index is 0.0702. The molecule has 0 atom stereocenters. The van der Waals surface area contributed by atoms with Crippen LogP contribution < -0.4 is 15.8 Å². The van der Waals surface area contributed by atoms with E-state index in [9.17, 15) is 4.79 Å². The van der Waals surface area contributed by atoms with Crippen LogP contribution in [0.5, 0.6) is 5.75 Å². The highest BCUT2D eigenvalue weighted by Crippen LogP contribution is 2.25. The fourth-order valence-electron chi connectivity index (χ4n) is 1.27. The van der Waals surface area contributed by atoms with Gasteiger partial charge in [-0.3, -0.25) is 4.79 Å². The van der Waals surface area contributed by atoms with Crippen molar-refractivity contribution in [2.24, 2.45) is 5.73 Å². The molecule has 5 heteroatoms. The number of rotatable bonds is 6. The van der Waals surface area contributed by atoms with Crippen LogP contribution in [0.15, 0.2) is 18.2 Å². The second-order valence-corrected chi connectivity index (χ2v) is 4.08. The highest BCUT2D eigenvalue weighted by Gasteiger charge is 2.04. The number of amides is 1. The quantitative estimate of drug-likeness (QED) is 0.811. The van der Waals surface area contributed by atoms with E-state index in [0.29, 0.717) is 36.9 Å². The molecule has 0 radical (unpaired) electrons. The van der Waals surface area contributed by atoms with Gasteiger partial charge in [-0.25, -0.2) is 0 Å². The lowest BCUT2D eigenvalue weighted by Crippen LogP contribution is -2.29. The summed E-state index contributed by atoms with van der Waals surface area (Å²) >= 11 is 5.95. The topological polar surface area (TPSA) is 64.3 Å². The number of halogens is 1. The normalized spacial score (nSPS) is 10.1. The Morgan fingerprint density at radius 2 is 2.29 bits per heavy atom. The minimum Gasteiger partial charge on any atom is -0.491 e. The molecule has 1 amide bonds. The van der Waals surface area contributed by atoms with E-state index in [1.165, 1.54) is 0 Å². The molecule has 0 saturated carbocycles. The molecule has 1 aromatic carbocycles. The van der Waals surface area contributed by atoms with E-state index in [2.05, 4.69) is 5.32 Å². The maximum atomic E-state index is 11.3. The molecular formula is C12H17ClN2O2. The van der Waals surface area contributed by atoms with Crippen molar-refractivity contribution in [1.29, 1.82) is 0 Å². The zero-order chi connectivity index (χ0) is 12.7. The standard InChI is InChI=1S/C12H17ClN2O2/c1-9-2-3-10(13)11(8-9)17-7-4-12(16)15-6-5-14/h2-3,8H,4-7,14H2,1H3,(H,15,16). The van der Waals surface area contributed by atoms with E-state index in [1.54, 1.807) is 6.07 Å². The van der Waals surface area contributed by atoms with E-state index in [4.69, 9.17) is 22.1 Å². The molecule has 0 fully saturated rings. The average Bonchev–Trinajstić information content (AvgIpc) is 2.31. The number of benzene rings is 1. The zero-order valence-electron chi connectivity index (χ0n) is 9.83. The van der Waals surface area contributed by atoms with Gasteiger partial charge in [0.15, 0.2) is 0 Å². The second-order valence-electron chi connectivity index (χ2n) is 3.67. The summed E-state index contributed by atoms with van der Waals surface area (Å²) in [5.74, 6) is 0.539. The Balaban J connectivity index is 2.35. The van der Waals surface area contributed by atoms with Gasteiger partial charge < -0.3 is 15.8 Å². The van der Waals surface area contributed by atoms with Crippen molar-refractivity contribution in [1.82, 2.24) is 5.32 Å². The SMILES string of the molecule is Cc1ccc(Cl)c(OCCC(=O)NCCN)c1. The van der Waals surface area contributed by atoms with Crippen LogP contribution in [-0.4, -0.2) is 25.6 Å². The third-order valence-corrected chi connectivity index (χ3v) is 2.45. The van der Waals surface area contributed by atoms with Gasteiger partial charge in [-0.1, -0.05) is 17.7 Å². The Hall–Kier alpha value is -1.26. The molecule has 0 aliphatic rings. The lowest BCUT2D eigenvalue weighted by molar-refractivity contribution is -0.121. The lowest BCUT2D eigenvalue weighted by Gasteiger charge is -2.08. The Bertz CT molecular complexity index is 383. The molecule has 94 valence electrons. The summed E-state index contributed by atoms with van der Waals surface area (Å²) in [6.45, 7) is 3.19. The number of carbonyl (C=O) groups is 1. The van der Waals surface area contributed by atoms with Gasteiger partial charge in [0, 0.05) is 13.1 Å². The van der Waals surface area contributed by atoms with Gasteiger partial charge in [-0.15, -0.1) is 0 Å². The van der Waals surface area contributed by atoms with Crippen molar-refractivity contribution in [3.8, 4) is 5.75 Å². The Labute approximate surface area is 106 Å². The highest BCUT2D eigenvalue weighted by atomic mass is 35.5. The average molecular weight is 257 g/mol. The molecular weight excluding hydrogens is 240 g/mol. The second kappa shape index (κ2) is 7.14. The number of hydrogen-bond donors (Lipinski definition) is 2. The molecule has 0 saturated heterocycles. The van der Waals surface area contributed by atoms with Gasteiger partial charge in [0.25, 0.3) is 0 Å². The molecule has 0 spiro atoms. The third-order valence-electron chi connectivity index (χ3n) is 2.14. The van der Waals surface area contributed by atoms with Crippen molar-refractivity contribution >= 4 is 17.5 Å². The van der Waals surface area contributed by atoms with Crippen LogP contribution in [-0.2, 0) is 4.79 Å². The van der Waals surface area contributed by atoms with E-state index < -0.39 is 0 Å². The predicted octanol–water partition coefficient (Wildman–Crippen LogP) is 1.49. The summed E-state index contributed by atoms with van der Waals surface area (Å²) in [6.07, 6.45) is 0.296. The summed E-state index contributed by atoms with van der Waals surface area (Å²) in [6, 6.07) is 5.53. The first-order chi connectivity index (χ1) is 8.13. The fourth-order valence-corrected chi connectivity index (χ4v) is 1.45. The number of ether oxygens (including phenoxy) is 1. The van der Waals surface area contributed by atoms with Crippen LogP contribution in [0, 0.1) is 6.92 Å². The van der Waals surface area contributed by atoms with E-state index >= 15 is 0 Å². The number of aryl methyl sites for hydroxylation is 1. The monoisotopic (exact) mass is 256 g/mol. The van der Waals surface area contributed by atoms with Crippen LogP contribution in [0.25, 0.3) is 0 Å². The van der Waals surface area contributed by atoms with Crippen LogP contribution in [0.1, 0.15) is 12.0 Å². The molecule has 0 aliphatic carbocycles. The molecule has 4 nitrogen and oxygen atoms in total. The van der Waals surface area contributed by atoms with Crippen molar-refractivity contribution in [2.45, 2.75) is 13.3 Å². The number of hydrogen-bond acceptors (Lipinski definition) is 3. The van der Waals surface area contributed by atoms with E-state index in [-0.39, 0.29) is 5.91 Å². The van der Waals surface area contributed by atoms with Crippen LogP contribution >= 0.6 is 11.6 Å². The maximum absolute atomic E-state index is 11.3. The largest absolute Gasteiger partial charge is 0.491 e. The van der Waals surface area contributed by atoms with E-state index in [1.807, 2.05) is 19.1 Å². The lowest BCUT2D eigenvalue weighted by atomic mass is 10.2. The van der Waals surface area contributed by atoms with Crippen molar-refractivity contribution in [3.05, 3.63) is 28.8 Å². The summed E-state index contributed by atoms with van der Waals surface area (Å²) in [4.78, 5) is 11.3. The maximum Gasteiger partial charge on any atom is 0.223 e.